The van der Waals surface area contributed by atoms with Crippen LogP contribution in [0.4, 0.5) is 18.9 Å². The number of hydrogen-bond donors (Lipinski definition) is 1. The summed E-state index contributed by atoms with van der Waals surface area (Å²) >= 11 is 1.35. The zero-order valence-electron chi connectivity index (χ0n) is 22.5. The van der Waals surface area contributed by atoms with Crippen LogP contribution in [0.2, 0.25) is 0 Å². The fourth-order valence-electron chi connectivity index (χ4n) is 5.15. The number of hydrogen-bond acceptors (Lipinski definition) is 7. The minimum Gasteiger partial charge on any atom is -0.491 e. The molecule has 0 radical (unpaired) electrons. The first-order chi connectivity index (χ1) is 20.3. The van der Waals surface area contributed by atoms with Crippen LogP contribution in [0.5, 0.6) is 5.75 Å². The van der Waals surface area contributed by atoms with Crippen LogP contribution in [0.3, 0.4) is 0 Å². The molecule has 42 heavy (non-hydrogen) atoms. The average Bonchev–Trinajstić information content (AvgIpc) is 3.61. The number of aromatic nitrogens is 2. The molecule has 1 aromatic carbocycles. The number of pyridine rings is 1. The second-order valence-electron chi connectivity index (χ2n) is 10.1. The third kappa shape index (κ3) is 5.98. The lowest BCUT2D eigenvalue weighted by Gasteiger charge is -2.27. The number of fused-ring (bicyclic) bond motifs is 2. The van der Waals surface area contributed by atoms with Crippen LogP contribution in [-0.2, 0) is 23.9 Å². The second-order valence-corrected chi connectivity index (χ2v) is 11.1. The van der Waals surface area contributed by atoms with Gasteiger partial charge < -0.3 is 19.7 Å². The molecule has 0 unspecified atom stereocenters. The highest BCUT2D eigenvalue weighted by Crippen LogP contribution is 2.32. The standard InChI is InChI=1S/C29H28F3N5O4S/c30-29(31,32)19-2-1-3-20(14-19)34-27(38)23-18-42-25-17-36(7-6-22(23)25)28(39)24-15-33-26-5-4-21(16-37(24)26)41-13-10-35-8-11-40-12-9-35/h1-5,14-16,18H,6-13,17H2,(H,34,38). The number of anilines is 1. The van der Waals surface area contributed by atoms with Crippen molar-refractivity contribution in [2.45, 2.75) is 19.1 Å². The zero-order valence-corrected chi connectivity index (χ0v) is 23.3. The Bertz CT molecular complexity index is 1610. The molecule has 3 aromatic heterocycles. The summed E-state index contributed by atoms with van der Waals surface area (Å²) in [6.45, 7) is 5.22. The number of imidazole rings is 1. The smallest absolute Gasteiger partial charge is 0.416 e. The summed E-state index contributed by atoms with van der Waals surface area (Å²) < 4.78 is 52.3. The Morgan fingerprint density at radius 1 is 1.12 bits per heavy atom. The first-order valence-electron chi connectivity index (χ1n) is 13.5. The van der Waals surface area contributed by atoms with E-state index in [1.54, 1.807) is 27.1 Å². The molecule has 0 bridgehead atoms. The fraction of sp³-hybridized carbons (Fsp3) is 0.345. The minimum atomic E-state index is -4.50. The summed E-state index contributed by atoms with van der Waals surface area (Å²) in [4.78, 5) is 35.7. The Kier molecular flexibility index (Phi) is 7.88. The first kappa shape index (κ1) is 28.2. The number of morpholine rings is 1. The second kappa shape index (κ2) is 11.7. The predicted molar refractivity (Wildman–Crippen MR) is 150 cm³/mol. The maximum absolute atomic E-state index is 13.6. The molecule has 1 N–H and O–H groups in total. The van der Waals surface area contributed by atoms with Gasteiger partial charge in [-0.05, 0) is 42.3 Å². The van der Waals surface area contributed by atoms with Crippen LogP contribution >= 0.6 is 11.3 Å². The van der Waals surface area contributed by atoms with Crippen LogP contribution in [0.15, 0.2) is 54.2 Å². The van der Waals surface area contributed by atoms with Gasteiger partial charge in [-0.3, -0.25) is 18.9 Å². The van der Waals surface area contributed by atoms with Crippen molar-refractivity contribution in [1.82, 2.24) is 19.2 Å². The van der Waals surface area contributed by atoms with Gasteiger partial charge in [-0.25, -0.2) is 4.98 Å². The van der Waals surface area contributed by atoms with Crippen molar-refractivity contribution < 1.29 is 32.2 Å². The predicted octanol–water partition coefficient (Wildman–Crippen LogP) is 4.58. The van der Waals surface area contributed by atoms with Crippen molar-refractivity contribution >= 4 is 34.5 Å². The van der Waals surface area contributed by atoms with Crippen molar-refractivity contribution in [2.24, 2.45) is 0 Å². The van der Waals surface area contributed by atoms with Gasteiger partial charge in [-0.15, -0.1) is 11.3 Å². The number of halogens is 3. The quantitative estimate of drug-likeness (QED) is 0.335. The third-order valence-corrected chi connectivity index (χ3v) is 8.42. The van der Waals surface area contributed by atoms with Crippen molar-refractivity contribution in [3.8, 4) is 5.75 Å². The van der Waals surface area contributed by atoms with E-state index in [1.165, 1.54) is 23.5 Å². The van der Waals surface area contributed by atoms with E-state index < -0.39 is 17.6 Å². The third-order valence-electron chi connectivity index (χ3n) is 7.40. The molecule has 220 valence electrons. The molecule has 13 heteroatoms. The number of nitrogens with zero attached hydrogens (tertiary/aromatic N) is 4. The van der Waals surface area contributed by atoms with Gasteiger partial charge in [0.05, 0.1) is 43.3 Å². The summed E-state index contributed by atoms with van der Waals surface area (Å²) in [5, 5.41) is 4.27. The number of amides is 2. The molecule has 2 aliphatic rings. The largest absolute Gasteiger partial charge is 0.491 e. The average molecular weight is 600 g/mol. The molecule has 5 heterocycles. The van der Waals surface area contributed by atoms with Crippen LogP contribution in [-0.4, -0.2) is 77.0 Å². The summed E-state index contributed by atoms with van der Waals surface area (Å²) in [6.07, 6.45) is -0.738. The van der Waals surface area contributed by atoms with Crippen LogP contribution < -0.4 is 10.1 Å². The number of carbonyl (C=O) groups excluding carboxylic acids is 2. The lowest BCUT2D eigenvalue weighted by atomic mass is 10.0. The van der Waals surface area contributed by atoms with Crippen LogP contribution in [0.1, 0.15) is 36.9 Å². The van der Waals surface area contributed by atoms with E-state index >= 15 is 0 Å². The van der Waals surface area contributed by atoms with Crippen molar-refractivity contribution in [3.63, 3.8) is 0 Å². The van der Waals surface area contributed by atoms with Crippen LogP contribution in [0, 0.1) is 0 Å². The minimum absolute atomic E-state index is 0.0689. The number of rotatable bonds is 7. The molecule has 1 saturated heterocycles. The molecule has 0 spiro atoms. The first-order valence-corrected chi connectivity index (χ1v) is 14.4. The van der Waals surface area contributed by atoms with Gasteiger partial charge in [0.25, 0.3) is 11.8 Å². The monoisotopic (exact) mass is 599 g/mol. The van der Waals surface area contributed by atoms with Gasteiger partial charge in [0, 0.05) is 42.1 Å². The van der Waals surface area contributed by atoms with Gasteiger partial charge in [0.1, 0.15) is 23.7 Å². The molecule has 6 rings (SSSR count). The van der Waals surface area contributed by atoms with Crippen molar-refractivity contribution in [1.29, 1.82) is 0 Å². The molecule has 0 aliphatic carbocycles. The van der Waals surface area contributed by atoms with Crippen LogP contribution in [0.25, 0.3) is 5.65 Å². The Morgan fingerprint density at radius 2 is 1.95 bits per heavy atom. The number of thiophene rings is 1. The van der Waals surface area contributed by atoms with Gasteiger partial charge in [0.15, 0.2) is 0 Å². The van der Waals surface area contributed by atoms with E-state index in [4.69, 9.17) is 9.47 Å². The number of carbonyl (C=O) groups is 2. The summed E-state index contributed by atoms with van der Waals surface area (Å²) in [6, 6.07) is 8.19. The van der Waals surface area contributed by atoms with Gasteiger partial charge in [-0.1, -0.05) is 6.07 Å². The highest BCUT2D eigenvalue weighted by Gasteiger charge is 2.31. The maximum atomic E-state index is 13.6. The van der Waals surface area contributed by atoms with Crippen molar-refractivity contribution in [3.05, 3.63) is 81.4 Å². The van der Waals surface area contributed by atoms with E-state index in [0.717, 1.165) is 55.4 Å². The highest BCUT2D eigenvalue weighted by molar-refractivity contribution is 7.10. The number of benzene rings is 1. The molecule has 2 amide bonds. The lowest BCUT2D eigenvalue weighted by molar-refractivity contribution is -0.137. The van der Waals surface area contributed by atoms with Gasteiger partial charge in [0.2, 0.25) is 0 Å². The molecular formula is C29H28F3N5O4S. The van der Waals surface area contributed by atoms with E-state index in [1.807, 2.05) is 12.1 Å². The number of nitrogens with one attached hydrogen (secondary N) is 1. The normalized spacial score (nSPS) is 15.9. The molecule has 0 atom stereocenters. The van der Waals surface area contributed by atoms with Gasteiger partial charge in [-0.2, -0.15) is 13.2 Å². The summed E-state index contributed by atoms with van der Waals surface area (Å²) in [5.41, 5.74) is 1.49. The maximum Gasteiger partial charge on any atom is 0.416 e. The molecule has 0 saturated carbocycles. The topological polar surface area (TPSA) is 88.4 Å². The van der Waals surface area contributed by atoms with E-state index in [9.17, 15) is 22.8 Å². The lowest BCUT2D eigenvalue weighted by Crippen LogP contribution is -2.38. The Labute approximate surface area is 243 Å². The van der Waals surface area contributed by atoms with E-state index in [2.05, 4.69) is 15.2 Å². The SMILES string of the molecule is O=C(Nc1cccc(C(F)(F)F)c1)c1csc2c1CCN(C(=O)c1cnc3ccc(OCCN4CCOCC4)cn13)C2. The fourth-order valence-corrected chi connectivity index (χ4v) is 6.24. The molecule has 4 aromatic rings. The summed E-state index contributed by atoms with van der Waals surface area (Å²) in [7, 11) is 0. The number of ether oxygens (including phenoxy) is 2. The van der Waals surface area contributed by atoms with E-state index in [0.29, 0.717) is 48.8 Å². The number of alkyl halides is 3. The Hall–Kier alpha value is -3.94. The highest BCUT2D eigenvalue weighted by atomic mass is 32.1. The summed E-state index contributed by atoms with van der Waals surface area (Å²) in [5.74, 6) is -0.0325. The molecule has 9 nitrogen and oxygen atoms in total. The Balaban J connectivity index is 1.11. The zero-order chi connectivity index (χ0) is 29.3. The van der Waals surface area contributed by atoms with E-state index in [-0.39, 0.29) is 11.6 Å². The molecule has 2 aliphatic heterocycles. The van der Waals surface area contributed by atoms with Gasteiger partial charge >= 0.3 is 6.18 Å². The van der Waals surface area contributed by atoms with Crippen molar-refractivity contribution in [2.75, 3.05) is 51.3 Å². The molecule has 1 fully saturated rings. The molecular weight excluding hydrogens is 571 g/mol. The Morgan fingerprint density at radius 3 is 2.76 bits per heavy atom.